The molecule has 0 saturated carbocycles. The molecule has 0 saturated heterocycles. The van der Waals surface area contributed by atoms with Crippen LogP contribution in [0.5, 0.6) is 0 Å². The fourth-order valence-corrected chi connectivity index (χ4v) is 2.94. The van der Waals surface area contributed by atoms with E-state index in [2.05, 4.69) is 21.5 Å². The zero-order chi connectivity index (χ0) is 14.0. The second-order valence-corrected chi connectivity index (χ2v) is 6.17. The van der Waals surface area contributed by atoms with Gasteiger partial charge in [0, 0.05) is 31.2 Å². The van der Waals surface area contributed by atoms with Crippen molar-refractivity contribution in [2.75, 3.05) is 25.0 Å². The maximum Gasteiger partial charge on any atom is 0.195 e. The first-order chi connectivity index (χ1) is 8.96. The molecule has 2 rings (SSSR count). The molecule has 2 N–H and O–H groups in total. The summed E-state index contributed by atoms with van der Waals surface area (Å²) >= 11 is 1.63. The molecule has 0 atom stereocenters. The van der Waals surface area contributed by atoms with Crippen LogP contribution in [0.25, 0.3) is 4.96 Å². The molecule has 0 aromatic carbocycles. The van der Waals surface area contributed by atoms with Crippen molar-refractivity contribution >= 4 is 22.1 Å². The molecule has 0 amide bonds. The highest BCUT2D eigenvalue weighted by Gasteiger charge is 2.23. The smallest absolute Gasteiger partial charge is 0.195 e. The van der Waals surface area contributed by atoms with Gasteiger partial charge in [-0.05, 0) is 27.8 Å². The fourth-order valence-electron chi connectivity index (χ4n) is 2.21. The number of thiazole rings is 1. The maximum atomic E-state index is 10.0. The van der Waals surface area contributed by atoms with Gasteiger partial charge in [0.2, 0.25) is 0 Å². The third kappa shape index (κ3) is 3.08. The van der Waals surface area contributed by atoms with Gasteiger partial charge >= 0.3 is 0 Å². The summed E-state index contributed by atoms with van der Waals surface area (Å²) in [5.41, 5.74) is 0.411. The first-order valence-electron chi connectivity index (χ1n) is 6.52. The number of fused-ring (bicyclic) bond motifs is 1. The molecular formula is C13H22N4OS. The van der Waals surface area contributed by atoms with E-state index in [1.807, 2.05) is 32.5 Å². The highest BCUT2D eigenvalue weighted by atomic mass is 32.1. The Morgan fingerprint density at radius 2 is 2.26 bits per heavy atom. The highest BCUT2D eigenvalue weighted by Crippen LogP contribution is 2.25. The number of nitrogens with zero attached hydrogens (tertiary/aromatic N) is 3. The van der Waals surface area contributed by atoms with Gasteiger partial charge in [0.05, 0.1) is 11.3 Å². The van der Waals surface area contributed by atoms with Crippen LogP contribution in [0.15, 0.2) is 11.6 Å². The van der Waals surface area contributed by atoms with E-state index in [0.29, 0.717) is 6.54 Å². The van der Waals surface area contributed by atoms with E-state index >= 15 is 0 Å². The summed E-state index contributed by atoms with van der Waals surface area (Å²) < 4.78 is 2.11. The molecule has 106 valence electrons. The monoisotopic (exact) mass is 282 g/mol. The van der Waals surface area contributed by atoms with Gasteiger partial charge in [-0.25, -0.2) is 4.98 Å². The number of likely N-dealkylation sites (N-methyl/N-ethyl adjacent to an activating group) is 1. The summed E-state index contributed by atoms with van der Waals surface area (Å²) in [6.07, 6.45) is 2.04. The van der Waals surface area contributed by atoms with Crippen LogP contribution in [0.3, 0.4) is 0 Å². The van der Waals surface area contributed by atoms with Crippen molar-refractivity contribution in [3.05, 3.63) is 17.3 Å². The van der Waals surface area contributed by atoms with Crippen molar-refractivity contribution < 1.29 is 5.11 Å². The number of nitrogens with one attached hydrogen (secondary N) is 1. The highest BCUT2D eigenvalue weighted by molar-refractivity contribution is 7.15. The van der Waals surface area contributed by atoms with Gasteiger partial charge in [0.15, 0.2) is 10.8 Å². The van der Waals surface area contributed by atoms with E-state index in [0.717, 1.165) is 29.6 Å². The summed E-state index contributed by atoms with van der Waals surface area (Å²) in [7, 11) is 1.93. The lowest BCUT2D eigenvalue weighted by atomic mass is 10.1. The molecule has 5 nitrogen and oxygen atoms in total. The molecule has 0 aliphatic carbocycles. The summed E-state index contributed by atoms with van der Waals surface area (Å²) in [5.74, 6) is 0.964. The van der Waals surface area contributed by atoms with E-state index < -0.39 is 5.60 Å². The average Bonchev–Trinajstić information content (AvgIpc) is 2.88. The summed E-state index contributed by atoms with van der Waals surface area (Å²) in [6.45, 7) is 7.90. The third-order valence-electron chi connectivity index (χ3n) is 2.94. The molecular weight excluding hydrogens is 260 g/mol. The number of rotatable bonds is 6. The Morgan fingerprint density at radius 1 is 1.53 bits per heavy atom. The van der Waals surface area contributed by atoms with Gasteiger partial charge in [-0.15, -0.1) is 11.3 Å². The summed E-state index contributed by atoms with van der Waals surface area (Å²) in [5, 5.41) is 15.3. The molecule has 2 aromatic rings. The number of imidazole rings is 1. The first kappa shape index (κ1) is 14.3. The van der Waals surface area contributed by atoms with Gasteiger partial charge < -0.3 is 15.3 Å². The predicted octanol–water partition coefficient (Wildman–Crippen LogP) is 1.71. The van der Waals surface area contributed by atoms with Gasteiger partial charge in [-0.3, -0.25) is 4.40 Å². The first-order valence-corrected chi connectivity index (χ1v) is 7.40. The third-order valence-corrected chi connectivity index (χ3v) is 3.70. The van der Waals surface area contributed by atoms with Crippen molar-refractivity contribution in [3.8, 4) is 0 Å². The van der Waals surface area contributed by atoms with E-state index in [1.54, 1.807) is 11.3 Å². The quantitative estimate of drug-likeness (QED) is 0.847. The fraction of sp³-hybridized carbons (Fsp3) is 0.615. The molecule has 2 heterocycles. The maximum absolute atomic E-state index is 10.0. The van der Waals surface area contributed by atoms with Crippen molar-refractivity contribution in [2.24, 2.45) is 0 Å². The van der Waals surface area contributed by atoms with Crippen LogP contribution in [0.1, 0.15) is 26.5 Å². The molecule has 0 unspecified atom stereocenters. The summed E-state index contributed by atoms with van der Waals surface area (Å²) in [4.78, 5) is 7.83. The Balaban J connectivity index is 2.40. The van der Waals surface area contributed by atoms with Crippen LogP contribution in [-0.4, -0.2) is 40.2 Å². The Labute approximate surface area is 117 Å². The Bertz CT molecular complexity index is 540. The number of aromatic nitrogens is 2. The van der Waals surface area contributed by atoms with Crippen LogP contribution >= 0.6 is 11.3 Å². The molecule has 0 aliphatic heterocycles. The molecule has 19 heavy (non-hydrogen) atoms. The molecule has 0 bridgehead atoms. The lowest BCUT2D eigenvalue weighted by molar-refractivity contribution is 0.0874. The zero-order valence-electron chi connectivity index (χ0n) is 12.0. The second kappa shape index (κ2) is 5.48. The lowest BCUT2D eigenvalue weighted by Crippen LogP contribution is -2.39. The molecule has 2 aromatic heterocycles. The molecule has 0 spiro atoms. The van der Waals surface area contributed by atoms with Crippen molar-refractivity contribution in [2.45, 2.75) is 32.9 Å². The van der Waals surface area contributed by atoms with Crippen molar-refractivity contribution in [1.82, 2.24) is 14.7 Å². The number of anilines is 1. The van der Waals surface area contributed by atoms with Crippen molar-refractivity contribution in [3.63, 3.8) is 0 Å². The molecule has 0 aliphatic rings. The Kier molecular flexibility index (Phi) is 4.13. The minimum Gasteiger partial charge on any atom is -0.389 e. The second-order valence-electron chi connectivity index (χ2n) is 5.29. The standard InChI is InChI=1S/C13H22N4OS/c1-5-16(9-13(2,3)18)11-10(8-14-4)17-6-7-19-12(17)15-11/h6-7,14,18H,5,8-9H2,1-4H3. The predicted molar refractivity (Wildman–Crippen MR) is 80.0 cm³/mol. The molecule has 0 radical (unpaired) electrons. The molecule has 6 heteroatoms. The van der Waals surface area contributed by atoms with Crippen molar-refractivity contribution in [1.29, 1.82) is 0 Å². The van der Waals surface area contributed by atoms with E-state index in [9.17, 15) is 5.11 Å². The van der Waals surface area contributed by atoms with E-state index in [-0.39, 0.29) is 0 Å². The van der Waals surface area contributed by atoms with Gasteiger partial charge in [0.1, 0.15) is 0 Å². The normalized spacial score (nSPS) is 12.3. The lowest BCUT2D eigenvalue weighted by Gasteiger charge is -2.29. The number of aliphatic hydroxyl groups is 1. The van der Waals surface area contributed by atoms with Crippen LogP contribution in [0.2, 0.25) is 0 Å². The van der Waals surface area contributed by atoms with Crippen LogP contribution in [-0.2, 0) is 6.54 Å². The largest absolute Gasteiger partial charge is 0.389 e. The Morgan fingerprint density at radius 3 is 2.84 bits per heavy atom. The number of hydrogen-bond donors (Lipinski definition) is 2. The topological polar surface area (TPSA) is 52.8 Å². The van der Waals surface area contributed by atoms with E-state index in [1.165, 1.54) is 0 Å². The minimum atomic E-state index is -0.732. The number of hydrogen-bond acceptors (Lipinski definition) is 5. The SMILES string of the molecule is CCN(CC(C)(C)O)c1nc2sccn2c1CNC. The van der Waals surface area contributed by atoms with Crippen LogP contribution in [0.4, 0.5) is 5.82 Å². The minimum absolute atomic E-state index is 0.574. The average molecular weight is 282 g/mol. The zero-order valence-corrected chi connectivity index (χ0v) is 12.8. The van der Waals surface area contributed by atoms with E-state index in [4.69, 9.17) is 4.98 Å². The van der Waals surface area contributed by atoms with Gasteiger partial charge in [0.25, 0.3) is 0 Å². The van der Waals surface area contributed by atoms with Crippen LogP contribution < -0.4 is 10.2 Å². The van der Waals surface area contributed by atoms with Gasteiger partial charge in [-0.2, -0.15) is 0 Å². The van der Waals surface area contributed by atoms with Crippen LogP contribution in [0, 0.1) is 0 Å². The van der Waals surface area contributed by atoms with Gasteiger partial charge in [-0.1, -0.05) is 0 Å². The molecule has 0 fully saturated rings. The Hall–Kier alpha value is -1.11. The summed E-state index contributed by atoms with van der Waals surface area (Å²) in [6, 6.07) is 0.